The molecule has 1 aromatic rings. The fourth-order valence-corrected chi connectivity index (χ4v) is 4.84. The monoisotopic (exact) mass is 452 g/mol. The van der Waals surface area contributed by atoms with Crippen LogP contribution in [-0.4, -0.2) is 51.4 Å². The molecular weight excluding hydrogens is 416 g/mol. The first kappa shape index (κ1) is 25.5. The van der Waals surface area contributed by atoms with Gasteiger partial charge in [0.15, 0.2) is 11.6 Å². The van der Waals surface area contributed by atoms with Gasteiger partial charge in [0.25, 0.3) is 0 Å². The molecule has 5 N–H and O–H groups in total. The number of hydrogen-bond acceptors (Lipinski definition) is 7. The summed E-state index contributed by atoms with van der Waals surface area (Å²) in [6.45, 7) is 3.67. The predicted octanol–water partition coefficient (Wildman–Crippen LogP) is 2.82. The van der Waals surface area contributed by atoms with E-state index in [1.165, 1.54) is 13.0 Å². The molecular formula is C24H36O8. The summed E-state index contributed by atoms with van der Waals surface area (Å²) in [5.41, 5.74) is 0.947. The van der Waals surface area contributed by atoms with Gasteiger partial charge in [0.1, 0.15) is 23.0 Å². The van der Waals surface area contributed by atoms with Crippen molar-refractivity contribution in [3.63, 3.8) is 0 Å². The number of rotatable bonds is 9. The lowest BCUT2D eigenvalue weighted by atomic mass is 9.63. The van der Waals surface area contributed by atoms with Crippen LogP contribution in [0.1, 0.15) is 59.9 Å². The lowest BCUT2D eigenvalue weighted by Gasteiger charge is -2.39. The molecule has 8 nitrogen and oxygen atoms in total. The minimum Gasteiger partial charge on any atom is -0.507 e. The Kier molecular flexibility index (Phi) is 8.58. The van der Waals surface area contributed by atoms with Crippen molar-refractivity contribution in [1.29, 1.82) is 0 Å². The van der Waals surface area contributed by atoms with Crippen LogP contribution < -0.4 is 4.74 Å². The number of Topliss-reactive ketones (excluding diaryl/α,β-unsaturated/α-hetero) is 3. The number of fused-ring (bicyclic) bond motifs is 2. The fourth-order valence-electron chi connectivity index (χ4n) is 4.84. The number of ether oxygens (including phenoxy) is 1. The van der Waals surface area contributed by atoms with E-state index in [1.807, 2.05) is 0 Å². The van der Waals surface area contributed by atoms with Gasteiger partial charge >= 0.3 is 0 Å². The molecule has 1 fully saturated rings. The number of aliphatic hydroxyl groups is 2. The summed E-state index contributed by atoms with van der Waals surface area (Å²) in [7, 11) is 0. The predicted molar refractivity (Wildman–Crippen MR) is 122 cm³/mol. The lowest BCUT2D eigenvalue weighted by molar-refractivity contribution is -0.137. The molecule has 2 aliphatic carbocycles. The summed E-state index contributed by atoms with van der Waals surface area (Å²) in [6.07, 6.45) is 2.54. The summed E-state index contributed by atoms with van der Waals surface area (Å²) in [4.78, 5) is 37.5. The Morgan fingerprint density at radius 1 is 1.25 bits per heavy atom. The molecule has 1 aromatic carbocycles. The molecule has 0 aromatic heterocycles. The van der Waals surface area contributed by atoms with E-state index >= 15 is 0 Å². The minimum absolute atomic E-state index is 0. The Labute approximate surface area is 190 Å². The van der Waals surface area contributed by atoms with Crippen LogP contribution in [0.3, 0.4) is 0 Å². The number of phenols is 1. The average molecular weight is 453 g/mol. The molecule has 8 heteroatoms. The van der Waals surface area contributed by atoms with Crippen molar-refractivity contribution in [3.05, 3.63) is 28.8 Å². The van der Waals surface area contributed by atoms with Gasteiger partial charge in [-0.1, -0.05) is 13.3 Å². The molecule has 0 heterocycles. The Morgan fingerprint density at radius 2 is 1.97 bits per heavy atom. The second-order valence-corrected chi connectivity index (χ2v) is 8.50. The molecule has 0 saturated heterocycles. The maximum atomic E-state index is 13.4. The van der Waals surface area contributed by atoms with Gasteiger partial charge in [0.2, 0.25) is 0 Å². The second kappa shape index (κ2) is 10.7. The van der Waals surface area contributed by atoms with Crippen LogP contribution in [0.4, 0.5) is 0 Å². The third kappa shape index (κ3) is 4.86. The van der Waals surface area contributed by atoms with E-state index in [-0.39, 0.29) is 62.1 Å². The van der Waals surface area contributed by atoms with E-state index in [4.69, 9.17) is 4.74 Å². The summed E-state index contributed by atoms with van der Waals surface area (Å²) >= 11 is 0. The van der Waals surface area contributed by atoms with Gasteiger partial charge in [-0.3, -0.25) is 14.4 Å². The van der Waals surface area contributed by atoms with E-state index in [2.05, 4.69) is 6.92 Å². The topological polar surface area (TPSA) is 153 Å². The van der Waals surface area contributed by atoms with E-state index in [1.54, 1.807) is 6.07 Å². The Morgan fingerprint density at radius 3 is 2.59 bits per heavy atom. The number of carbonyl (C=O) groups excluding carboxylic acids is 3. The van der Waals surface area contributed by atoms with Gasteiger partial charge < -0.3 is 25.5 Å². The van der Waals surface area contributed by atoms with Crippen LogP contribution in [0, 0.1) is 17.8 Å². The molecule has 32 heavy (non-hydrogen) atoms. The largest absolute Gasteiger partial charge is 0.507 e. The van der Waals surface area contributed by atoms with Crippen LogP contribution in [0.2, 0.25) is 0 Å². The van der Waals surface area contributed by atoms with Gasteiger partial charge in [-0.05, 0) is 56.6 Å². The van der Waals surface area contributed by atoms with Crippen molar-refractivity contribution in [2.24, 2.45) is 17.8 Å². The van der Waals surface area contributed by atoms with Crippen molar-refractivity contribution in [2.75, 3.05) is 13.2 Å². The summed E-state index contributed by atoms with van der Waals surface area (Å²) < 4.78 is 5.87. The van der Waals surface area contributed by atoms with E-state index in [9.17, 15) is 29.7 Å². The normalized spacial score (nSPS) is 22.0. The third-order valence-electron chi connectivity index (χ3n) is 6.23. The molecule has 0 aliphatic heterocycles. The number of hydrogen-bond donors (Lipinski definition) is 3. The molecule has 0 spiro atoms. The quantitative estimate of drug-likeness (QED) is 0.385. The van der Waals surface area contributed by atoms with Gasteiger partial charge in [-0.2, -0.15) is 0 Å². The standard InChI is InChI=1S/C24H30O7.H2O.2H2/c1-3-4-9-31-19-6-5-17(27)22-16(19)12-15-11-14(7-8-25)20(18(28)10-13(2)26)23(29)21(15)24(22)30;;;/h5-6,14-15,20,25,27,30H,3-4,7-12H2,1-2H3;1H2;2*1H. The summed E-state index contributed by atoms with van der Waals surface area (Å²) in [5, 5.41) is 30.9. The molecule has 2 aliphatic rings. The smallest absolute Gasteiger partial charge is 0.173 e. The average Bonchev–Trinajstić information content (AvgIpc) is 2.69. The summed E-state index contributed by atoms with van der Waals surface area (Å²) in [5.74, 6) is -3.08. The molecule has 3 atom stereocenters. The highest BCUT2D eigenvalue weighted by Gasteiger charge is 2.47. The van der Waals surface area contributed by atoms with Gasteiger partial charge in [-0.25, -0.2) is 0 Å². The first-order valence-electron chi connectivity index (χ1n) is 10.9. The first-order chi connectivity index (χ1) is 14.8. The number of ketones is 3. The molecule has 3 rings (SSSR count). The van der Waals surface area contributed by atoms with Crippen LogP contribution >= 0.6 is 0 Å². The number of unbranched alkanes of at least 4 members (excludes halogenated alkanes) is 1. The number of benzene rings is 1. The molecule has 0 bridgehead atoms. The van der Waals surface area contributed by atoms with E-state index in [0.717, 1.165) is 12.8 Å². The van der Waals surface area contributed by atoms with Crippen molar-refractivity contribution >= 4 is 23.1 Å². The van der Waals surface area contributed by atoms with Crippen LogP contribution in [0.15, 0.2) is 17.7 Å². The van der Waals surface area contributed by atoms with Crippen LogP contribution in [-0.2, 0) is 20.8 Å². The number of phenolic OH excluding ortho intramolecular Hbond substituents is 1. The Hall–Kier alpha value is -2.71. The highest BCUT2D eigenvalue weighted by Crippen LogP contribution is 2.49. The Balaban J connectivity index is 0.00000363. The first-order valence-corrected chi connectivity index (χ1v) is 10.9. The number of aliphatic hydroxyl groups excluding tert-OH is 2. The van der Waals surface area contributed by atoms with Crippen molar-refractivity contribution < 1.29 is 42.8 Å². The molecule has 0 radical (unpaired) electrons. The van der Waals surface area contributed by atoms with Gasteiger partial charge in [0, 0.05) is 20.6 Å². The van der Waals surface area contributed by atoms with Crippen molar-refractivity contribution in [3.8, 4) is 11.5 Å². The van der Waals surface area contributed by atoms with Crippen LogP contribution in [0.25, 0.3) is 5.76 Å². The highest BCUT2D eigenvalue weighted by atomic mass is 16.5. The van der Waals surface area contributed by atoms with Crippen molar-refractivity contribution in [2.45, 2.75) is 52.4 Å². The Bertz CT molecular complexity index is 928. The maximum absolute atomic E-state index is 13.4. The molecule has 3 unspecified atom stereocenters. The van der Waals surface area contributed by atoms with E-state index < -0.39 is 23.4 Å². The number of carbonyl (C=O) groups is 3. The number of allylic oxidation sites excluding steroid dienone is 1. The maximum Gasteiger partial charge on any atom is 0.173 e. The zero-order valence-electron chi connectivity index (χ0n) is 18.5. The molecule has 180 valence electrons. The zero-order valence-corrected chi connectivity index (χ0v) is 18.5. The third-order valence-corrected chi connectivity index (χ3v) is 6.23. The fraction of sp³-hybridized carbons (Fsp3) is 0.542. The van der Waals surface area contributed by atoms with Gasteiger partial charge in [0.05, 0.1) is 24.5 Å². The van der Waals surface area contributed by atoms with Crippen molar-refractivity contribution in [1.82, 2.24) is 0 Å². The lowest BCUT2D eigenvalue weighted by Crippen LogP contribution is -2.43. The van der Waals surface area contributed by atoms with Crippen LogP contribution in [0.5, 0.6) is 11.5 Å². The summed E-state index contributed by atoms with van der Waals surface area (Å²) in [6, 6.07) is 3.09. The SMILES string of the molecule is CCCCOc1ccc(O)c2c1CC1CC(CCO)C(C(=O)CC(C)=O)C(=O)C1=C2O.O.[HH].[HH]. The van der Waals surface area contributed by atoms with E-state index in [0.29, 0.717) is 30.8 Å². The molecule has 0 amide bonds. The molecule has 1 saturated carbocycles. The minimum atomic E-state index is -1.07. The van der Waals surface area contributed by atoms with Gasteiger partial charge in [-0.15, -0.1) is 0 Å². The highest BCUT2D eigenvalue weighted by molar-refractivity contribution is 6.17. The zero-order chi connectivity index (χ0) is 22.7. The second-order valence-electron chi connectivity index (χ2n) is 8.50. The number of aromatic hydroxyl groups is 1.